The Hall–Kier alpha value is -1.88. The predicted molar refractivity (Wildman–Crippen MR) is 96.0 cm³/mol. The van der Waals surface area contributed by atoms with Crippen LogP contribution in [0.25, 0.3) is 0 Å². The number of hydrogen-bond donors (Lipinski definition) is 1. The molecule has 1 N–H and O–H groups in total. The van der Waals surface area contributed by atoms with Crippen LogP contribution in [0.15, 0.2) is 40.6 Å². The fourth-order valence-electron chi connectivity index (χ4n) is 3.43. The zero-order chi connectivity index (χ0) is 16.9. The molecule has 1 aliphatic heterocycles. The number of hydrogen-bond acceptors (Lipinski definition) is 4. The van der Waals surface area contributed by atoms with Crippen molar-refractivity contribution in [2.24, 2.45) is 10.9 Å². The summed E-state index contributed by atoms with van der Waals surface area (Å²) in [5.41, 5.74) is 3.28. The molecule has 1 saturated carbocycles. The number of rotatable bonds is 4. The number of morpholine rings is 1. The summed E-state index contributed by atoms with van der Waals surface area (Å²) in [6.45, 7) is 4.95. The van der Waals surface area contributed by atoms with Gasteiger partial charge in [0.05, 0.1) is 18.9 Å². The van der Waals surface area contributed by atoms with Gasteiger partial charge in [0, 0.05) is 37.8 Å². The average molecular weight is 329 g/mol. The smallest absolute Gasteiger partial charge is 0.225 e. The van der Waals surface area contributed by atoms with Crippen LogP contribution in [-0.2, 0) is 9.53 Å². The molecule has 5 heteroatoms. The van der Waals surface area contributed by atoms with Gasteiger partial charge in [0.2, 0.25) is 5.91 Å². The fourth-order valence-corrected chi connectivity index (χ4v) is 3.43. The fraction of sp³-hybridized carbons (Fsp3) is 0.579. The summed E-state index contributed by atoms with van der Waals surface area (Å²) < 4.78 is 5.31. The van der Waals surface area contributed by atoms with Gasteiger partial charge in [-0.15, -0.1) is 0 Å². The van der Waals surface area contributed by atoms with Crippen LogP contribution in [0.1, 0.15) is 26.2 Å². The molecule has 0 spiro atoms. The van der Waals surface area contributed by atoms with Crippen LogP contribution in [0.3, 0.4) is 0 Å². The third-order valence-electron chi connectivity index (χ3n) is 4.88. The van der Waals surface area contributed by atoms with E-state index in [1.54, 1.807) is 0 Å². The summed E-state index contributed by atoms with van der Waals surface area (Å²) in [5.74, 6) is 0.470. The van der Waals surface area contributed by atoms with Gasteiger partial charge >= 0.3 is 0 Å². The van der Waals surface area contributed by atoms with E-state index in [1.165, 1.54) is 5.57 Å². The van der Waals surface area contributed by atoms with Crippen molar-refractivity contribution in [3.05, 3.63) is 35.6 Å². The van der Waals surface area contributed by atoms with Crippen molar-refractivity contribution in [2.75, 3.05) is 33.4 Å². The third kappa shape index (κ3) is 3.78. The van der Waals surface area contributed by atoms with E-state index in [1.807, 2.05) is 11.9 Å². The van der Waals surface area contributed by atoms with E-state index >= 15 is 0 Å². The first-order valence-electron chi connectivity index (χ1n) is 8.91. The molecule has 3 rings (SSSR count). The van der Waals surface area contributed by atoms with Crippen LogP contribution in [0.2, 0.25) is 0 Å². The summed E-state index contributed by atoms with van der Waals surface area (Å²) in [6.07, 6.45) is 11.3. The van der Waals surface area contributed by atoms with Gasteiger partial charge in [0.1, 0.15) is 0 Å². The topological polar surface area (TPSA) is 53.9 Å². The second-order valence-corrected chi connectivity index (χ2v) is 6.56. The van der Waals surface area contributed by atoms with Crippen LogP contribution in [0.5, 0.6) is 0 Å². The lowest BCUT2D eigenvalue weighted by molar-refractivity contribution is -0.143. The molecule has 24 heavy (non-hydrogen) atoms. The Morgan fingerprint density at radius 3 is 2.79 bits per heavy atom. The van der Waals surface area contributed by atoms with Gasteiger partial charge in [0.25, 0.3) is 0 Å². The zero-order valence-electron chi connectivity index (χ0n) is 14.6. The maximum Gasteiger partial charge on any atom is 0.225 e. The molecule has 2 aliphatic carbocycles. The molecule has 2 fully saturated rings. The van der Waals surface area contributed by atoms with Gasteiger partial charge in [-0.25, -0.2) is 0 Å². The maximum absolute atomic E-state index is 12.4. The van der Waals surface area contributed by atoms with Crippen LogP contribution in [-0.4, -0.2) is 55.9 Å². The minimum atomic E-state index is 0.170. The highest BCUT2D eigenvalue weighted by atomic mass is 16.5. The number of aliphatic imine (C=N–C) groups is 1. The molecule has 0 aromatic heterocycles. The number of ether oxygens (including phenoxy) is 1. The number of nitrogens with zero attached hydrogens (tertiary/aromatic N) is 2. The van der Waals surface area contributed by atoms with Crippen molar-refractivity contribution in [1.29, 1.82) is 0 Å². The van der Waals surface area contributed by atoms with Crippen molar-refractivity contribution < 1.29 is 9.53 Å². The first-order valence-corrected chi connectivity index (χ1v) is 8.91. The molecule has 0 bridgehead atoms. The largest absolute Gasteiger partial charge is 0.382 e. The Bertz CT molecular complexity index is 592. The van der Waals surface area contributed by atoms with E-state index in [2.05, 4.69) is 41.5 Å². The van der Waals surface area contributed by atoms with Crippen molar-refractivity contribution in [2.45, 2.75) is 32.2 Å². The molecular formula is C19H27N3O2. The molecule has 5 nitrogen and oxygen atoms in total. The summed E-state index contributed by atoms with van der Waals surface area (Å²) in [6, 6.07) is 0.380. The van der Waals surface area contributed by atoms with Crippen LogP contribution >= 0.6 is 0 Å². The van der Waals surface area contributed by atoms with Crippen molar-refractivity contribution >= 4 is 11.6 Å². The van der Waals surface area contributed by atoms with Gasteiger partial charge in [-0.3, -0.25) is 9.79 Å². The van der Waals surface area contributed by atoms with Crippen LogP contribution in [0.4, 0.5) is 0 Å². The number of allylic oxidation sites excluding steroid dienone is 5. The summed E-state index contributed by atoms with van der Waals surface area (Å²) >= 11 is 0. The molecule has 1 heterocycles. The quantitative estimate of drug-likeness (QED) is 0.859. The van der Waals surface area contributed by atoms with Gasteiger partial charge in [-0.05, 0) is 37.0 Å². The standard InChI is InChI=1S/C19H27N3O2/c1-3-4-14-5-6-16(13-18(14)20-2)21-17-11-15(12-17)19(23)22-7-9-24-10-8-22/h4-6,13,15,17,21H,3,7-12H2,1-2H3/b14-4-,20-18?. The molecule has 1 saturated heterocycles. The Kier molecular flexibility index (Phi) is 5.51. The maximum atomic E-state index is 12.4. The Morgan fingerprint density at radius 2 is 2.12 bits per heavy atom. The van der Waals surface area contributed by atoms with E-state index in [-0.39, 0.29) is 5.92 Å². The lowest BCUT2D eigenvalue weighted by Gasteiger charge is -2.39. The van der Waals surface area contributed by atoms with Crippen molar-refractivity contribution in [3.8, 4) is 0 Å². The highest BCUT2D eigenvalue weighted by molar-refractivity contribution is 6.12. The monoisotopic (exact) mass is 329 g/mol. The molecule has 1 amide bonds. The van der Waals surface area contributed by atoms with Gasteiger partial charge in [-0.2, -0.15) is 0 Å². The summed E-state index contributed by atoms with van der Waals surface area (Å²) in [7, 11) is 1.83. The first-order chi connectivity index (χ1) is 11.7. The zero-order valence-corrected chi connectivity index (χ0v) is 14.6. The van der Waals surface area contributed by atoms with Gasteiger partial charge in [0.15, 0.2) is 0 Å². The highest BCUT2D eigenvalue weighted by Gasteiger charge is 2.37. The third-order valence-corrected chi connectivity index (χ3v) is 4.88. The Balaban J connectivity index is 1.50. The highest BCUT2D eigenvalue weighted by Crippen LogP contribution is 2.30. The SMILES string of the molecule is CC/C=C1/C=CC(NC2CC(C(=O)N3CCOCC3)C2)=CC1=NC. The summed E-state index contributed by atoms with van der Waals surface area (Å²) in [5, 5.41) is 3.54. The minimum Gasteiger partial charge on any atom is -0.382 e. The lowest BCUT2D eigenvalue weighted by atomic mass is 9.79. The van der Waals surface area contributed by atoms with Crippen molar-refractivity contribution in [1.82, 2.24) is 10.2 Å². The number of nitrogens with one attached hydrogen (secondary N) is 1. The van der Waals surface area contributed by atoms with Gasteiger partial charge < -0.3 is 15.0 Å². The van der Waals surface area contributed by atoms with Crippen LogP contribution in [0, 0.1) is 5.92 Å². The van der Waals surface area contributed by atoms with E-state index in [0.717, 1.165) is 43.8 Å². The van der Waals surface area contributed by atoms with Gasteiger partial charge in [-0.1, -0.05) is 19.1 Å². The number of carbonyl (C=O) groups excluding carboxylic acids is 1. The molecule has 130 valence electrons. The minimum absolute atomic E-state index is 0.170. The number of carbonyl (C=O) groups is 1. The van der Waals surface area contributed by atoms with Crippen LogP contribution < -0.4 is 5.32 Å². The van der Waals surface area contributed by atoms with E-state index < -0.39 is 0 Å². The second kappa shape index (κ2) is 7.79. The normalized spacial score (nSPS) is 30.2. The average Bonchev–Trinajstić information content (AvgIpc) is 2.59. The second-order valence-electron chi connectivity index (χ2n) is 6.56. The molecular weight excluding hydrogens is 302 g/mol. The van der Waals surface area contributed by atoms with E-state index in [4.69, 9.17) is 4.74 Å². The first kappa shape index (κ1) is 17.0. The molecule has 0 radical (unpaired) electrons. The molecule has 0 unspecified atom stereocenters. The lowest BCUT2D eigenvalue weighted by Crippen LogP contribution is -2.51. The van der Waals surface area contributed by atoms with Crippen molar-refractivity contribution in [3.63, 3.8) is 0 Å². The molecule has 0 aromatic rings. The summed E-state index contributed by atoms with van der Waals surface area (Å²) in [4.78, 5) is 18.7. The van der Waals surface area contributed by atoms with E-state index in [9.17, 15) is 4.79 Å². The molecule has 3 aliphatic rings. The Morgan fingerprint density at radius 1 is 1.38 bits per heavy atom. The Labute approximate surface area is 144 Å². The molecule has 0 aromatic carbocycles. The molecule has 0 atom stereocenters. The predicted octanol–water partition coefficient (Wildman–Crippen LogP) is 2.07. The number of amides is 1. The van der Waals surface area contributed by atoms with E-state index in [0.29, 0.717) is 25.2 Å².